The van der Waals surface area contributed by atoms with Gasteiger partial charge in [-0.3, -0.25) is 9.48 Å². The molecule has 9 heteroatoms. The third-order valence-electron chi connectivity index (χ3n) is 4.09. The molecule has 1 unspecified atom stereocenters. The number of hydrogen-bond donors (Lipinski definition) is 2. The van der Waals surface area contributed by atoms with Gasteiger partial charge in [-0.25, -0.2) is 4.98 Å². The molecule has 1 fully saturated rings. The number of imidazole rings is 1. The molecule has 1 amide bonds. The van der Waals surface area contributed by atoms with Gasteiger partial charge >= 0.3 is 0 Å². The minimum absolute atomic E-state index is 0.134. The van der Waals surface area contributed by atoms with Gasteiger partial charge in [0.05, 0.1) is 22.9 Å². The number of halogens is 1. The summed E-state index contributed by atoms with van der Waals surface area (Å²) in [6.07, 6.45) is 8.00. The summed E-state index contributed by atoms with van der Waals surface area (Å²) in [6.45, 7) is 0.659. The van der Waals surface area contributed by atoms with E-state index in [0.717, 1.165) is 13.0 Å². The van der Waals surface area contributed by atoms with Crippen molar-refractivity contribution in [3.63, 3.8) is 0 Å². The fourth-order valence-electron chi connectivity index (χ4n) is 3.03. The molecule has 2 heterocycles. The van der Waals surface area contributed by atoms with Crippen molar-refractivity contribution in [3.05, 3.63) is 29.4 Å². The molecular formula is C15H20BrN5O3. The summed E-state index contributed by atoms with van der Waals surface area (Å²) in [5.74, 6) is 0.419. The van der Waals surface area contributed by atoms with Crippen molar-refractivity contribution in [2.75, 3.05) is 6.61 Å². The van der Waals surface area contributed by atoms with Crippen LogP contribution in [0.1, 0.15) is 12.8 Å². The van der Waals surface area contributed by atoms with Gasteiger partial charge in [0.15, 0.2) is 6.61 Å². The second-order valence-corrected chi connectivity index (χ2v) is 6.94. The minimum Gasteiger partial charge on any atom is -0.466 e. The van der Waals surface area contributed by atoms with Gasteiger partial charge in [0, 0.05) is 32.2 Å². The lowest BCUT2D eigenvalue weighted by Gasteiger charge is -2.16. The fourth-order valence-corrected chi connectivity index (χ4v) is 3.52. The number of aliphatic hydroxyl groups excluding tert-OH is 1. The molecule has 0 aliphatic heterocycles. The molecule has 0 radical (unpaired) electrons. The Hall–Kier alpha value is -1.87. The van der Waals surface area contributed by atoms with Crippen molar-refractivity contribution in [3.8, 4) is 5.88 Å². The van der Waals surface area contributed by atoms with Gasteiger partial charge in [0.1, 0.15) is 0 Å². The number of carbonyl (C=O) groups is 1. The Balaban J connectivity index is 1.46. The molecule has 130 valence electrons. The van der Waals surface area contributed by atoms with Crippen molar-refractivity contribution >= 4 is 21.8 Å². The van der Waals surface area contributed by atoms with Crippen molar-refractivity contribution in [2.45, 2.75) is 31.5 Å². The second kappa shape index (κ2) is 7.35. The van der Waals surface area contributed by atoms with Gasteiger partial charge in [-0.15, -0.1) is 5.10 Å². The summed E-state index contributed by atoms with van der Waals surface area (Å²) >= 11 is 3.31. The maximum absolute atomic E-state index is 12.0. The van der Waals surface area contributed by atoms with Crippen LogP contribution < -0.4 is 10.1 Å². The zero-order valence-corrected chi connectivity index (χ0v) is 14.9. The molecule has 0 bridgehead atoms. The third kappa shape index (κ3) is 4.15. The first-order valence-electron chi connectivity index (χ1n) is 7.76. The standard InChI is InChI=1S/C15H20BrN5O3/c1-20-7-11(16)15(19-20)24-8-14(23)18-12-4-10(5-13(12)22)6-21-3-2-17-9-21/h2-3,7,9-10,12-13,22H,4-6,8H2,1H3,(H,18,23)/t10?,12-,13-/m1/s1. The summed E-state index contributed by atoms with van der Waals surface area (Å²) in [6, 6.07) is -0.248. The molecule has 1 aliphatic rings. The molecule has 0 saturated heterocycles. The Bertz CT molecular complexity index is 687. The summed E-state index contributed by atoms with van der Waals surface area (Å²) in [5.41, 5.74) is 0. The first kappa shape index (κ1) is 17.0. The fraction of sp³-hybridized carbons (Fsp3) is 0.533. The molecule has 0 aromatic carbocycles. The molecule has 2 N–H and O–H groups in total. The number of aromatic nitrogens is 4. The molecule has 3 atom stereocenters. The predicted octanol–water partition coefficient (Wildman–Crippen LogP) is 0.714. The highest BCUT2D eigenvalue weighted by Crippen LogP contribution is 2.27. The zero-order valence-electron chi connectivity index (χ0n) is 13.3. The Morgan fingerprint density at radius 3 is 3.04 bits per heavy atom. The number of aryl methyl sites for hydroxylation is 1. The average molecular weight is 398 g/mol. The number of carbonyl (C=O) groups excluding carboxylic acids is 1. The van der Waals surface area contributed by atoms with Gasteiger partial charge in [0.25, 0.3) is 5.91 Å². The number of nitrogens with one attached hydrogen (secondary N) is 1. The smallest absolute Gasteiger partial charge is 0.258 e. The number of ether oxygens (including phenoxy) is 1. The van der Waals surface area contributed by atoms with Crippen molar-refractivity contribution < 1.29 is 14.6 Å². The van der Waals surface area contributed by atoms with Crippen LogP contribution in [0.3, 0.4) is 0 Å². The Morgan fingerprint density at radius 1 is 1.54 bits per heavy atom. The van der Waals surface area contributed by atoms with E-state index < -0.39 is 6.10 Å². The number of hydrogen-bond acceptors (Lipinski definition) is 5. The Kier molecular flexibility index (Phi) is 5.20. The molecule has 1 aliphatic carbocycles. The van der Waals surface area contributed by atoms with Gasteiger partial charge in [-0.2, -0.15) is 0 Å². The van der Waals surface area contributed by atoms with Crippen molar-refractivity contribution in [2.24, 2.45) is 13.0 Å². The lowest BCUT2D eigenvalue weighted by molar-refractivity contribution is -0.124. The predicted molar refractivity (Wildman–Crippen MR) is 89.3 cm³/mol. The van der Waals surface area contributed by atoms with Crippen LogP contribution in [0, 0.1) is 5.92 Å². The Labute approximate surface area is 147 Å². The lowest BCUT2D eigenvalue weighted by atomic mass is 10.1. The van der Waals surface area contributed by atoms with E-state index in [-0.39, 0.29) is 18.6 Å². The molecule has 3 rings (SSSR count). The first-order chi connectivity index (χ1) is 11.5. The SMILES string of the molecule is Cn1cc(Br)c(OCC(=O)N[C@@H]2CC(Cn3ccnc3)C[C@H]2O)n1. The van der Waals surface area contributed by atoms with Crippen molar-refractivity contribution in [1.29, 1.82) is 0 Å². The number of nitrogens with zero attached hydrogens (tertiary/aromatic N) is 4. The maximum Gasteiger partial charge on any atom is 0.258 e. The second-order valence-electron chi connectivity index (χ2n) is 6.08. The molecule has 24 heavy (non-hydrogen) atoms. The first-order valence-corrected chi connectivity index (χ1v) is 8.55. The van der Waals surface area contributed by atoms with Gasteiger partial charge < -0.3 is 19.7 Å². The number of amides is 1. The van der Waals surface area contributed by atoms with Crippen LogP contribution in [-0.4, -0.2) is 49.1 Å². The number of rotatable bonds is 6. The van der Waals surface area contributed by atoms with Crippen LogP contribution in [0.4, 0.5) is 0 Å². The average Bonchev–Trinajstić information content (AvgIpc) is 3.21. The van der Waals surface area contributed by atoms with Crippen LogP contribution in [0.15, 0.2) is 29.4 Å². The van der Waals surface area contributed by atoms with Crippen LogP contribution in [0.2, 0.25) is 0 Å². The van der Waals surface area contributed by atoms with Gasteiger partial charge in [0.2, 0.25) is 5.88 Å². The zero-order chi connectivity index (χ0) is 17.1. The van der Waals surface area contributed by atoms with E-state index in [0.29, 0.717) is 22.7 Å². The molecule has 1 saturated carbocycles. The summed E-state index contributed by atoms with van der Waals surface area (Å²) in [7, 11) is 1.77. The van der Waals surface area contributed by atoms with Crippen LogP contribution >= 0.6 is 15.9 Å². The van der Waals surface area contributed by atoms with Crippen LogP contribution in [-0.2, 0) is 18.4 Å². The van der Waals surface area contributed by atoms with Crippen LogP contribution in [0.5, 0.6) is 5.88 Å². The normalized spacial score (nSPS) is 23.4. The van der Waals surface area contributed by atoms with Crippen molar-refractivity contribution in [1.82, 2.24) is 24.6 Å². The van der Waals surface area contributed by atoms with E-state index >= 15 is 0 Å². The van der Waals surface area contributed by atoms with E-state index in [1.807, 2.05) is 10.8 Å². The third-order valence-corrected chi connectivity index (χ3v) is 4.64. The molecule has 2 aromatic heterocycles. The Morgan fingerprint density at radius 2 is 2.38 bits per heavy atom. The van der Waals surface area contributed by atoms with E-state index in [4.69, 9.17) is 4.74 Å². The maximum atomic E-state index is 12.0. The molecule has 0 spiro atoms. The van der Waals surface area contributed by atoms with E-state index in [1.165, 1.54) is 0 Å². The van der Waals surface area contributed by atoms with Gasteiger partial charge in [-0.05, 0) is 34.7 Å². The van der Waals surface area contributed by atoms with E-state index in [2.05, 4.69) is 31.3 Å². The summed E-state index contributed by atoms with van der Waals surface area (Å²) in [5, 5.41) is 17.1. The minimum atomic E-state index is -0.538. The summed E-state index contributed by atoms with van der Waals surface area (Å²) < 4.78 is 9.67. The number of aliphatic hydroxyl groups is 1. The van der Waals surface area contributed by atoms with E-state index in [1.54, 1.807) is 30.5 Å². The highest BCUT2D eigenvalue weighted by molar-refractivity contribution is 9.10. The molecule has 8 nitrogen and oxygen atoms in total. The monoisotopic (exact) mass is 397 g/mol. The topological polar surface area (TPSA) is 94.2 Å². The van der Waals surface area contributed by atoms with E-state index in [9.17, 15) is 9.90 Å². The largest absolute Gasteiger partial charge is 0.466 e. The summed E-state index contributed by atoms with van der Waals surface area (Å²) in [4.78, 5) is 16.1. The highest BCUT2D eigenvalue weighted by atomic mass is 79.9. The quantitative estimate of drug-likeness (QED) is 0.748. The lowest BCUT2D eigenvalue weighted by Crippen LogP contribution is -2.42. The molecule has 2 aromatic rings. The van der Waals surface area contributed by atoms with Crippen LogP contribution in [0.25, 0.3) is 0 Å². The molecular weight excluding hydrogens is 378 g/mol. The van der Waals surface area contributed by atoms with Gasteiger partial charge in [-0.1, -0.05) is 0 Å². The highest BCUT2D eigenvalue weighted by Gasteiger charge is 2.34.